The minimum atomic E-state index is -0.279. The third-order valence-corrected chi connectivity index (χ3v) is 9.52. The maximum atomic E-state index is 13.8. The van der Waals surface area contributed by atoms with Crippen molar-refractivity contribution < 1.29 is 14.3 Å². The molecule has 5 rings (SSSR count). The molecule has 1 fully saturated rings. The Morgan fingerprint density at radius 2 is 2.00 bits per heavy atom. The molecule has 0 aromatic carbocycles. The number of nitrogens with zero attached hydrogens (tertiary/aromatic N) is 8. The monoisotopic (exact) mass is 699 g/mol. The Bertz CT molecular complexity index is 1780. The summed E-state index contributed by atoms with van der Waals surface area (Å²) in [6.45, 7) is 11.2. The molecule has 0 bridgehead atoms. The number of ether oxygens (including phenoxy) is 1. The van der Waals surface area contributed by atoms with E-state index in [1.807, 2.05) is 43.6 Å². The Hall–Kier alpha value is -5.02. The minimum Gasteiger partial charge on any atom is -0.475 e. The third kappa shape index (κ3) is 8.76. The van der Waals surface area contributed by atoms with Crippen LogP contribution in [-0.4, -0.2) is 106 Å². The molecule has 1 saturated heterocycles. The van der Waals surface area contributed by atoms with Gasteiger partial charge in [0.15, 0.2) is 0 Å². The summed E-state index contributed by atoms with van der Waals surface area (Å²) in [6.07, 6.45) is 8.10. The topological polar surface area (TPSA) is 192 Å². The number of rotatable bonds is 13. The minimum absolute atomic E-state index is 0.0177. The van der Waals surface area contributed by atoms with Crippen molar-refractivity contribution in [2.45, 2.75) is 46.6 Å². The highest BCUT2D eigenvalue weighted by molar-refractivity contribution is 7.14. The third-order valence-electron chi connectivity index (χ3n) is 8.43. The average Bonchev–Trinajstić information content (AvgIpc) is 3.80. The zero-order valence-electron chi connectivity index (χ0n) is 29.0. The number of hydrogen-bond donors (Lipinski definition) is 3. The Morgan fingerprint density at radius 3 is 2.68 bits per heavy atom. The molecular weight excluding hydrogens is 655 g/mol. The van der Waals surface area contributed by atoms with Crippen LogP contribution in [-0.2, 0) is 9.59 Å². The van der Waals surface area contributed by atoms with Gasteiger partial charge in [0.1, 0.15) is 28.7 Å². The average molecular weight is 700 g/mol. The van der Waals surface area contributed by atoms with Crippen LogP contribution in [0.3, 0.4) is 0 Å². The van der Waals surface area contributed by atoms with Crippen molar-refractivity contribution in [2.75, 3.05) is 56.4 Å². The summed E-state index contributed by atoms with van der Waals surface area (Å²) in [4.78, 5) is 55.0. The number of carbonyl (C=O) groups is 2. The van der Waals surface area contributed by atoms with Gasteiger partial charge in [-0.15, -0.1) is 11.3 Å². The second kappa shape index (κ2) is 16.6. The van der Waals surface area contributed by atoms with Gasteiger partial charge < -0.3 is 21.1 Å². The van der Waals surface area contributed by atoms with Crippen molar-refractivity contribution in [1.82, 2.24) is 24.8 Å². The van der Waals surface area contributed by atoms with Gasteiger partial charge in [0.05, 0.1) is 34.8 Å². The first kappa shape index (κ1) is 36.3. The first-order valence-electron chi connectivity index (χ1n) is 16.8. The molecule has 2 amide bonds. The fourth-order valence-corrected chi connectivity index (χ4v) is 6.68. The number of carbonyl (C=O) groups excluding carboxylic acids is 2. The van der Waals surface area contributed by atoms with Crippen LogP contribution in [0.5, 0.6) is 5.88 Å². The molecule has 3 aromatic rings. The molecule has 1 atom stereocenters. The second-order valence-electron chi connectivity index (χ2n) is 12.3. The van der Waals surface area contributed by atoms with Crippen LogP contribution in [0.2, 0.25) is 0 Å². The maximum Gasteiger partial charge on any atom is 0.237 e. The smallest absolute Gasteiger partial charge is 0.237 e. The number of amides is 2. The van der Waals surface area contributed by atoms with E-state index >= 15 is 0 Å². The van der Waals surface area contributed by atoms with Crippen LogP contribution in [0.4, 0.5) is 11.5 Å². The normalized spacial score (nSPS) is 17.0. The van der Waals surface area contributed by atoms with Crippen molar-refractivity contribution in [1.29, 1.82) is 5.41 Å². The van der Waals surface area contributed by atoms with Crippen LogP contribution >= 0.6 is 11.3 Å². The number of pyridine rings is 2. The van der Waals surface area contributed by atoms with Crippen molar-refractivity contribution in [3.63, 3.8) is 0 Å². The number of nitrogens with one attached hydrogen (secondary N) is 1. The van der Waals surface area contributed by atoms with E-state index in [9.17, 15) is 9.59 Å². The van der Waals surface area contributed by atoms with Crippen molar-refractivity contribution in [2.24, 2.45) is 21.6 Å². The van der Waals surface area contributed by atoms with Crippen LogP contribution < -0.4 is 21.1 Å². The lowest BCUT2D eigenvalue weighted by Crippen LogP contribution is -2.42. The predicted octanol–water partition coefficient (Wildman–Crippen LogP) is 3.46. The van der Waals surface area contributed by atoms with E-state index in [2.05, 4.69) is 24.9 Å². The molecule has 0 saturated carbocycles. The van der Waals surface area contributed by atoms with E-state index in [0.29, 0.717) is 80.9 Å². The Balaban J connectivity index is 1.16. The summed E-state index contributed by atoms with van der Waals surface area (Å²) in [6, 6.07) is 6.83. The first-order valence-corrected chi connectivity index (χ1v) is 17.7. The van der Waals surface area contributed by atoms with Gasteiger partial charge in [-0.2, -0.15) is 0 Å². The highest BCUT2D eigenvalue weighted by Gasteiger charge is 2.34. The molecular formula is C35H45N11O3S. The van der Waals surface area contributed by atoms with Crippen molar-refractivity contribution in [3.8, 4) is 5.88 Å². The number of nitrogen functional groups attached to an aromatic ring is 1. The zero-order valence-corrected chi connectivity index (χ0v) is 29.8. The summed E-state index contributed by atoms with van der Waals surface area (Å²) in [5, 5.41) is 9.65. The predicted molar refractivity (Wildman–Crippen MR) is 198 cm³/mol. The van der Waals surface area contributed by atoms with Gasteiger partial charge in [0.2, 0.25) is 17.7 Å². The number of nitrogens with two attached hydrogens (primary N) is 2. The van der Waals surface area contributed by atoms with E-state index in [1.54, 1.807) is 41.6 Å². The first-order chi connectivity index (χ1) is 24.1. The molecule has 2 aliphatic rings. The number of likely N-dealkylation sites (tertiary alicyclic amines) is 1. The molecule has 0 unspecified atom stereocenters. The summed E-state index contributed by atoms with van der Waals surface area (Å²) in [7, 11) is 0. The molecule has 5 heterocycles. The molecule has 0 radical (unpaired) electrons. The quantitative estimate of drug-likeness (QED) is 0.177. The van der Waals surface area contributed by atoms with E-state index in [-0.39, 0.29) is 41.8 Å². The van der Waals surface area contributed by atoms with Gasteiger partial charge in [-0.1, -0.05) is 6.08 Å². The molecule has 5 N–H and O–H groups in total. The SMILES string of the molecule is CCN=CN=C(N)c1cnc(C2=CCN(C(=O)CN3CC[C@@H](C(=O)N(CC)c4ccc(N)c(C(=N)c5ccc(OC(C)C)nc5)n4)C3)CC2)s1. The molecule has 50 heavy (non-hydrogen) atoms. The lowest BCUT2D eigenvalue weighted by molar-refractivity contribution is -0.132. The molecule has 0 spiro atoms. The molecule has 0 aliphatic carbocycles. The Morgan fingerprint density at radius 1 is 1.18 bits per heavy atom. The number of aliphatic imine (C=N–C) groups is 2. The van der Waals surface area contributed by atoms with E-state index in [0.717, 1.165) is 15.5 Å². The fraction of sp³-hybridized carbons (Fsp3) is 0.429. The highest BCUT2D eigenvalue weighted by atomic mass is 32.1. The number of hydrogen-bond acceptors (Lipinski definition) is 11. The van der Waals surface area contributed by atoms with Crippen LogP contribution in [0.15, 0.2) is 52.7 Å². The molecule has 264 valence electrons. The van der Waals surface area contributed by atoms with Crippen molar-refractivity contribution in [3.05, 3.63) is 63.9 Å². The van der Waals surface area contributed by atoms with Gasteiger partial charge in [-0.05, 0) is 70.9 Å². The lowest BCUT2D eigenvalue weighted by atomic mass is 10.1. The number of thiazole rings is 1. The van der Waals surface area contributed by atoms with Crippen LogP contribution in [0, 0.1) is 11.3 Å². The zero-order chi connectivity index (χ0) is 35.8. The van der Waals surface area contributed by atoms with Gasteiger partial charge >= 0.3 is 0 Å². The summed E-state index contributed by atoms with van der Waals surface area (Å²) in [5.74, 6) is 0.970. The second-order valence-corrected chi connectivity index (χ2v) is 13.3. The van der Waals surface area contributed by atoms with Crippen LogP contribution in [0.1, 0.15) is 61.7 Å². The number of anilines is 2. The van der Waals surface area contributed by atoms with Gasteiger partial charge in [0, 0.05) is 56.7 Å². The Labute approximate surface area is 296 Å². The summed E-state index contributed by atoms with van der Waals surface area (Å²) >= 11 is 1.48. The van der Waals surface area contributed by atoms with Gasteiger partial charge in [-0.3, -0.25) is 29.8 Å². The Kier molecular flexibility index (Phi) is 12.0. The maximum absolute atomic E-state index is 13.8. The largest absolute Gasteiger partial charge is 0.475 e. The molecule has 3 aromatic heterocycles. The van der Waals surface area contributed by atoms with Crippen molar-refractivity contribution >= 4 is 58.1 Å². The fourth-order valence-electron chi connectivity index (χ4n) is 5.79. The van der Waals surface area contributed by atoms with E-state index < -0.39 is 0 Å². The lowest BCUT2D eigenvalue weighted by Gasteiger charge is -2.28. The molecule has 15 heteroatoms. The van der Waals surface area contributed by atoms with E-state index in [1.165, 1.54) is 17.7 Å². The van der Waals surface area contributed by atoms with E-state index in [4.69, 9.17) is 21.6 Å². The summed E-state index contributed by atoms with van der Waals surface area (Å²) in [5.41, 5.74) is 14.6. The molecule has 14 nitrogen and oxygen atoms in total. The summed E-state index contributed by atoms with van der Waals surface area (Å²) < 4.78 is 5.61. The number of amidine groups is 1. The standard InChI is InChI=1S/C35H45N11O3S/c1-5-39-21-42-33(38)27-18-41-34(50-27)23-12-15-45(16-13-23)30(47)20-44-14-11-25(19-44)35(48)46(6-2)28-9-8-26(36)32(43-28)31(37)24-7-10-29(40-17-24)49-22(3)4/h7-10,12,17-18,21-22,25,37H,5-6,11,13-16,19-20,36H2,1-4H3,(H2,38,39,42)/t25-/m1/s1. The highest BCUT2D eigenvalue weighted by Crippen LogP contribution is 2.28. The molecule has 2 aliphatic heterocycles. The van der Waals surface area contributed by atoms with Gasteiger partial charge in [0.25, 0.3) is 0 Å². The number of aromatic nitrogens is 3. The van der Waals surface area contributed by atoms with Crippen LogP contribution in [0.25, 0.3) is 5.57 Å². The van der Waals surface area contributed by atoms with Gasteiger partial charge in [-0.25, -0.2) is 19.9 Å².